The molecule has 1 aromatic rings. The van der Waals surface area contributed by atoms with E-state index in [1.54, 1.807) is 0 Å². The maximum atomic E-state index is 12.4. The van der Waals surface area contributed by atoms with Crippen LogP contribution in [0.5, 0.6) is 0 Å². The number of hydrogen-bond acceptors (Lipinski definition) is 2. The molecule has 0 radical (unpaired) electrons. The summed E-state index contributed by atoms with van der Waals surface area (Å²) in [6.45, 7) is 0. The molecule has 0 saturated heterocycles. The summed E-state index contributed by atoms with van der Waals surface area (Å²) in [5.41, 5.74) is 8.21. The molecule has 5 heteroatoms. The number of hydrogen-bond donors (Lipinski definition) is 0. The molecule has 0 atom stereocenters. The van der Waals surface area contributed by atoms with E-state index in [0.717, 1.165) is 18.3 Å². The second kappa shape index (κ2) is 4.20. The summed E-state index contributed by atoms with van der Waals surface area (Å²) in [6, 6.07) is 4.97. The van der Waals surface area contributed by atoms with Crippen molar-refractivity contribution in [3.05, 3.63) is 41.2 Å². The summed E-state index contributed by atoms with van der Waals surface area (Å²) in [6.07, 6.45) is 0.841. The average Bonchev–Trinajstić information content (AvgIpc) is 2.15. The van der Waals surface area contributed by atoms with Gasteiger partial charge in [-0.15, -0.1) is 0 Å². The van der Waals surface area contributed by atoms with E-state index in [0.29, 0.717) is 0 Å². The van der Waals surface area contributed by atoms with E-state index >= 15 is 0 Å². The highest BCUT2D eigenvalue weighted by Crippen LogP contribution is 2.02. The van der Waals surface area contributed by atoms with Crippen molar-refractivity contribution >= 4 is 12.0 Å². The zero-order valence-corrected chi connectivity index (χ0v) is 6.51. The van der Waals surface area contributed by atoms with E-state index < -0.39 is 11.6 Å². The molecule has 0 aliphatic carbocycles. The molecule has 0 aliphatic rings. The third-order valence-corrected chi connectivity index (χ3v) is 1.36. The summed E-state index contributed by atoms with van der Waals surface area (Å²) in [5, 5.41) is 5.38. The van der Waals surface area contributed by atoms with E-state index in [1.165, 1.54) is 12.1 Å². The van der Waals surface area contributed by atoms with Crippen LogP contribution in [0.15, 0.2) is 34.6 Å². The van der Waals surface area contributed by atoms with Gasteiger partial charge in [-0.2, -0.15) is 0 Å². The number of Topliss-reactive ketones (excluding diaryl/α,β-unsaturated/α-hetero) is 1. The largest absolute Gasteiger partial charge is 0.362 e. The number of ketones is 1. The van der Waals surface area contributed by atoms with Crippen LogP contribution in [-0.2, 0) is 0 Å². The minimum Gasteiger partial charge on any atom is -0.362 e. The fourth-order valence-electron chi connectivity index (χ4n) is 0.767. The first kappa shape index (κ1) is 9.18. The van der Waals surface area contributed by atoms with Crippen molar-refractivity contribution in [1.29, 1.82) is 0 Å². The second-order valence-corrected chi connectivity index (χ2v) is 2.21. The monoisotopic (exact) mass is 178 g/mol. The van der Waals surface area contributed by atoms with Gasteiger partial charge in [0.15, 0.2) is 5.78 Å². The Morgan fingerprint density at radius 1 is 1.38 bits per heavy atom. The first-order valence-corrected chi connectivity index (χ1v) is 3.41. The molecular weight excluding hydrogens is 173 g/mol. The highest BCUT2D eigenvalue weighted by atomic mass is 19.1. The lowest BCUT2D eigenvalue weighted by atomic mass is 10.1. The van der Waals surface area contributed by atoms with E-state index in [1.807, 2.05) is 0 Å². The molecule has 1 aromatic carbocycles. The average molecular weight is 178 g/mol. The van der Waals surface area contributed by atoms with Crippen molar-refractivity contribution < 1.29 is 9.18 Å². The molecule has 1 rings (SSSR count). The maximum absolute atomic E-state index is 12.4. The van der Waals surface area contributed by atoms with Crippen LogP contribution in [0.4, 0.5) is 4.39 Å². The molecule has 0 aliphatic heterocycles. The Hall–Kier alpha value is -1.91. The summed E-state index contributed by atoms with van der Waals surface area (Å²) in [5.74, 6) is -0.863. The highest BCUT2D eigenvalue weighted by Gasteiger charge is 1.99. The van der Waals surface area contributed by atoms with Crippen LogP contribution in [0, 0.1) is 5.82 Å². The molecule has 0 bridgehead atoms. The molecule has 0 spiro atoms. The zero-order valence-electron chi connectivity index (χ0n) is 6.51. The van der Waals surface area contributed by atoms with Crippen LogP contribution >= 0.6 is 0 Å². The molecule has 0 aromatic heterocycles. The van der Waals surface area contributed by atoms with Gasteiger partial charge in [-0.05, 0) is 30.5 Å². The fourth-order valence-corrected chi connectivity index (χ4v) is 0.767. The van der Waals surface area contributed by atoms with Gasteiger partial charge >= 0.3 is 0 Å². The lowest BCUT2D eigenvalue weighted by Crippen LogP contribution is -1.99. The molecule has 66 valence electrons. The van der Waals surface area contributed by atoms with Crippen LogP contribution < -0.4 is 0 Å². The molecular formula is C8H5FN3O-. The zero-order chi connectivity index (χ0) is 9.68. The van der Waals surface area contributed by atoms with E-state index in [9.17, 15) is 9.18 Å². The molecule has 0 saturated carbocycles. The highest BCUT2D eigenvalue weighted by molar-refractivity contribution is 6.35. The van der Waals surface area contributed by atoms with Crippen LogP contribution in [0.25, 0.3) is 5.53 Å². The molecule has 4 nitrogen and oxygen atoms in total. The van der Waals surface area contributed by atoms with Crippen molar-refractivity contribution in [1.82, 2.24) is 0 Å². The molecule has 0 N–H and O–H groups in total. The first-order valence-electron chi connectivity index (χ1n) is 3.41. The van der Waals surface area contributed by atoms with Crippen LogP contribution in [0.3, 0.4) is 0 Å². The third-order valence-electron chi connectivity index (χ3n) is 1.36. The van der Waals surface area contributed by atoms with Gasteiger partial charge in [-0.1, -0.05) is 0 Å². The van der Waals surface area contributed by atoms with Gasteiger partial charge in [0.25, 0.3) is 0 Å². The van der Waals surface area contributed by atoms with E-state index in [4.69, 9.17) is 5.53 Å². The van der Waals surface area contributed by atoms with Crippen molar-refractivity contribution in [2.75, 3.05) is 0 Å². The quantitative estimate of drug-likeness (QED) is 0.302. The summed E-state index contributed by atoms with van der Waals surface area (Å²) < 4.78 is 12.4. The van der Waals surface area contributed by atoms with Gasteiger partial charge < -0.3 is 10.6 Å². The predicted octanol–water partition coefficient (Wildman–Crippen LogP) is 2.02. The SMILES string of the molecule is [N-]=NN=CC(=O)c1ccc(F)cc1. The Balaban J connectivity index is 2.83. The second-order valence-electron chi connectivity index (χ2n) is 2.21. The van der Waals surface area contributed by atoms with Crippen molar-refractivity contribution in [3.8, 4) is 0 Å². The normalized spacial score (nSPS) is 10.2. The van der Waals surface area contributed by atoms with Crippen LogP contribution in [-0.4, -0.2) is 12.0 Å². The molecule has 0 unspecified atom stereocenters. The van der Waals surface area contributed by atoms with Gasteiger partial charge in [0.1, 0.15) is 5.82 Å². The Kier molecular flexibility index (Phi) is 2.97. The van der Waals surface area contributed by atoms with Gasteiger partial charge in [0.2, 0.25) is 0 Å². The Bertz CT molecular complexity index is 345. The number of nitrogens with zero attached hydrogens (tertiary/aromatic N) is 3. The maximum Gasteiger partial charge on any atom is 0.183 e. The number of benzene rings is 1. The van der Waals surface area contributed by atoms with Gasteiger partial charge in [0.05, 0.1) is 0 Å². The first-order chi connectivity index (χ1) is 6.24. The molecule has 0 heterocycles. The topological polar surface area (TPSA) is 64.1 Å². The van der Waals surface area contributed by atoms with Gasteiger partial charge in [-0.25, -0.2) is 4.39 Å². The standard InChI is InChI=1S/C8H5FN3O/c9-7-3-1-6(2-4-7)8(13)5-11-12-10/h1-5H/q-1. The third kappa shape index (κ3) is 2.55. The van der Waals surface area contributed by atoms with Gasteiger partial charge in [0, 0.05) is 5.56 Å². The summed E-state index contributed by atoms with van der Waals surface area (Å²) in [4.78, 5) is 11.1. The lowest BCUT2D eigenvalue weighted by molar-refractivity contribution is 0.107. The summed E-state index contributed by atoms with van der Waals surface area (Å²) in [7, 11) is 0. The number of rotatable bonds is 3. The minimum absolute atomic E-state index is 0.286. The Labute approximate surface area is 73.6 Å². The van der Waals surface area contributed by atoms with E-state index in [2.05, 4.69) is 10.3 Å². The van der Waals surface area contributed by atoms with Crippen LogP contribution in [0.1, 0.15) is 10.4 Å². The number of carbonyl (C=O) groups excluding carboxylic acids is 1. The fraction of sp³-hybridized carbons (Fsp3) is 0. The Morgan fingerprint density at radius 2 is 2.00 bits per heavy atom. The molecule has 13 heavy (non-hydrogen) atoms. The van der Waals surface area contributed by atoms with Crippen molar-refractivity contribution in [2.24, 2.45) is 10.3 Å². The van der Waals surface area contributed by atoms with Crippen molar-refractivity contribution in [2.45, 2.75) is 0 Å². The minimum atomic E-state index is -0.446. The number of halogens is 1. The van der Waals surface area contributed by atoms with Gasteiger partial charge in [-0.3, -0.25) is 10.0 Å². The molecule has 0 amide bonds. The lowest BCUT2D eigenvalue weighted by Gasteiger charge is -1.95. The Morgan fingerprint density at radius 3 is 2.54 bits per heavy atom. The smallest absolute Gasteiger partial charge is 0.183 e. The molecule has 0 fully saturated rings. The van der Waals surface area contributed by atoms with Crippen molar-refractivity contribution in [3.63, 3.8) is 0 Å². The van der Waals surface area contributed by atoms with E-state index in [-0.39, 0.29) is 5.56 Å². The van der Waals surface area contributed by atoms with Crippen LogP contribution in [0.2, 0.25) is 0 Å². The summed E-state index contributed by atoms with van der Waals surface area (Å²) >= 11 is 0. The predicted molar refractivity (Wildman–Crippen MR) is 45.0 cm³/mol. The number of carbonyl (C=O) groups is 1.